The summed E-state index contributed by atoms with van der Waals surface area (Å²) in [6.07, 6.45) is 1.82. The molecule has 1 aromatic heterocycles. The minimum atomic E-state index is -0.00397. The number of hydrogen-bond acceptors (Lipinski definition) is 3. The largest absolute Gasteiger partial charge is 0.379 e. The van der Waals surface area contributed by atoms with E-state index in [4.69, 9.17) is 4.74 Å². The summed E-state index contributed by atoms with van der Waals surface area (Å²) in [5.41, 5.74) is 2.85. The van der Waals surface area contributed by atoms with Crippen LogP contribution in [0.5, 0.6) is 0 Å². The van der Waals surface area contributed by atoms with Crippen molar-refractivity contribution in [2.24, 2.45) is 0 Å². The number of amides is 1. The number of allylic oxidation sites excluding steroid dienone is 1. The van der Waals surface area contributed by atoms with E-state index in [1.54, 1.807) is 0 Å². The lowest BCUT2D eigenvalue weighted by molar-refractivity contribution is 0.0383. The molecule has 0 saturated carbocycles. The van der Waals surface area contributed by atoms with Crippen LogP contribution >= 0.6 is 0 Å². The fourth-order valence-corrected chi connectivity index (χ4v) is 2.75. The van der Waals surface area contributed by atoms with Crippen LogP contribution < -0.4 is 5.32 Å². The summed E-state index contributed by atoms with van der Waals surface area (Å²) in [6, 6.07) is 2.04. The Morgan fingerprint density at radius 2 is 2.14 bits per heavy atom. The lowest BCUT2D eigenvalue weighted by Crippen LogP contribution is -2.41. The molecule has 5 heteroatoms. The summed E-state index contributed by atoms with van der Waals surface area (Å²) >= 11 is 0. The maximum Gasteiger partial charge on any atom is 0.268 e. The third-order valence-electron chi connectivity index (χ3n) is 3.84. The molecule has 1 amide bonds. The average Bonchev–Trinajstić information content (AvgIpc) is 2.75. The number of ether oxygens (including phenoxy) is 1. The van der Waals surface area contributed by atoms with Crippen molar-refractivity contribution < 1.29 is 9.53 Å². The van der Waals surface area contributed by atoms with Gasteiger partial charge in [-0.05, 0) is 25.5 Å². The number of nitrogens with zero attached hydrogens (tertiary/aromatic N) is 2. The first-order chi connectivity index (χ1) is 10.1. The molecule has 1 N–H and O–H groups in total. The van der Waals surface area contributed by atoms with Crippen molar-refractivity contribution in [2.45, 2.75) is 20.4 Å². The minimum absolute atomic E-state index is 0.00397. The molecule has 0 bridgehead atoms. The van der Waals surface area contributed by atoms with Crippen LogP contribution in [0.2, 0.25) is 0 Å². The minimum Gasteiger partial charge on any atom is -0.379 e. The van der Waals surface area contributed by atoms with Gasteiger partial charge in [0.2, 0.25) is 0 Å². The molecule has 1 saturated heterocycles. The second kappa shape index (κ2) is 7.43. The monoisotopic (exact) mass is 291 g/mol. The van der Waals surface area contributed by atoms with E-state index in [1.807, 2.05) is 30.6 Å². The molecular weight excluding hydrogens is 266 g/mol. The van der Waals surface area contributed by atoms with Crippen molar-refractivity contribution in [3.63, 3.8) is 0 Å². The Hall–Kier alpha value is -1.59. The molecule has 21 heavy (non-hydrogen) atoms. The molecule has 0 spiro atoms. The summed E-state index contributed by atoms with van der Waals surface area (Å²) in [5.74, 6) is -0.00397. The lowest BCUT2D eigenvalue weighted by Gasteiger charge is -2.26. The van der Waals surface area contributed by atoms with Gasteiger partial charge in [0.25, 0.3) is 5.91 Å². The average molecular weight is 291 g/mol. The molecule has 0 aliphatic carbocycles. The van der Waals surface area contributed by atoms with Crippen molar-refractivity contribution in [3.8, 4) is 0 Å². The van der Waals surface area contributed by atoms with Crippen LogP contribution in [0.15, 0.2) is 18.7 Å². The molecule has 116 valence electrons. The number of carbonyl (C=O) groups excluding carboxylic acids is 1. The summed E-state index contributed by atoms with van der Waals surface area (Å²) < 4.78 is 7.32. The highest BCUT2D eigenvalue weighted by Crippen LogP contribution is 2.15. The van der Waals surface area contributed by atoms with Crippen LogP contribution in [0, 0.1) is 13.8 Å². The van der Waals surface area contributed by atoms with E-state index in [0.717, 1.165) is 49.8 Å². The number of carbonyl (C=O) groups is 1. The first-order valence-corrected chi connectivity index (χ1v) is 7.49. The number of nitrogens with one attached hydrogen (secondary N) is 1. The van der Waals surface area contributed by atoms with Gasteiger partial charge in [-0.25, -0.2) is 0 Å². The van der Waals surface area contributed by atoms with Gasteiger partial charge in [-0.3, -0.25) is 9.69 Å². The zero-order chi connectivity index (χ0) is 15.2. The third kappa shape index (κ3) is 3.95. The molecule has 1 aromatic rings. The van der Waals surface area contributed by atoms with Crippen molar-refractivity contribution in [3.05, 3.63) is 35.7 Å². The summed E-state index contributed by atoms with van der Waals surface area (Å²) in [5, 5.41) is 3.02. The van der Waals surface area contributed by atoms with Crippen molar-refractivity contribution in [1.82, 2.24) is 14.8 Å². The Kier molecular flexibility index (Phi) is 5.59. The second-order valence-corrected chi connectivity index (χ2v) is 5.43. The summed E-state index contributed by atoms with van der Waals surface area (Å²) in [7, 11) is 0. The predicted molar refractivity (Wildman–Crippen MR) is 83.7 cm³/mol. The fourth-order valence-electron chi connectivity index (χ4n) is 2.75. The number of rotatable bonds is 6. The zero-order valence-corrected chi connectivity index (χ0v) is 13.0. The zero-order valence-electron chi connectivity index (χ0n) is 13.0. The predicted octanol–water partition coefficient (Wildman–Crippen LogP) is 1.35. The first kappa shape index (κ1) is 15.8. The molecule has 0 aromatic carbocycles. The van der Waals surface area contributed by atoms with Crippen molar-refractivity contribution in [2.75, 3.05) is 39.4 Å². The molecule has 1 fully saturated rings. The number of aryl methyl sites for hydroxylation is 2. The van der Waals surface area contributed by atoms with Crippen molar-refractivity contribution >= 4 is 5.91 Å². The van der Waals surface area contributed by atoms with Gasteiger partial charge < -0.3 is 14.6 Å². The summed E-state index contributed by atoms with van der Waals surface area (Å²) in [6.45, 7) is 13.4. The molecule has 5 nitrogen and oxygen atoms in total. The van der Waals surface area contributed by atoms with E-state index < -0.39 is 0 Å². The quantitative estimate of drug-likeness (QED) is 0.805. The highest BCUT2D eigenvalue weighted by molar-refractivity contribution is 5.94. The van der Waals surface area contributed by atoms with E-state index in [2.05, 4.69) is 16.8 Å². The Morgan fingerprint density at radius 3 is 2.81 bits per heavy atom. The Morgan fingerprint density at radius 1 is 1.43 bits per heavy atom. The van der Waals surface area contributed by atoms with Gasteiger partial charge in [-0.2, -0.15) is 0 Å². The topological polar surface area (TPSA) is 46.5 Å². The van der Waals surface area contributed by atoms with Gasteiger partial charge in [0.05, 0.1) is 13.2 Å². The van der Waals surface area contributed by atoms with Gasteiger partial charge in [0, 0.05) is 38.4 Å². The lowest BCUT2D eigenvalue weighted by atomic mass is 10.2. The molecule has 0 atom stereocenters. The number of aromatic nitrogens is 1. The first-order valence-electron chi connectivity index (χ1n) is 7.49. The fraction of sp³-hybridized carbons (Fsp3) is 0.562. The highest BCUT2D eigenvalue weighted by atomic mass is 16.5. The smallest absolute Gasteiger partial charge is 0.268 e. The highest BCUT2D eigenvalue weighted by Gasteiger charge is 2.17. The maximum absolute atomic E-state index is 12.4. The summed E-state index contributed by atoms with van der Waals surface area (Å²) in [4.78, 5) is 14.7. The van der Waals surface area contributed by atoms with Gasteiger partial charge >= 0.3 is 0 Å². The number of hydrogen-bond donors (Lipinski definition) is 1. The second-order valence-electron chi connectivity index (χ2n) is 5.43. The van der Waals surface area contributed by atoms with E-state index in [0.29, 0.717) is 13.1 Å². The van der Waals surface area contributed by atoms with Gasteiger partial charge in [0.15, 0.2) is 0 Å². The molecule has 0 radical (unpaired) electrons. The van der Waals surface area contributed by atoms with Gasteiger partial charge in [0.1, 0.15) is 5.69 Å². The molecule has 2 rings (SSSR count). The molecule has 1 aliphatic rings. The van der Waals surface area contributed by atoms with Gasteiger partial charge in [-0.1, -0.05) is 6.08 Å². The number of morpholine rings is 1. The standard InChI is InChI=1S/C16H25N3O2/c1-4-6-19-14(3)12-13(2)15(19)16(20)17-5-7-18-8-10-21-11-9-18/h4,12H,1,5-11H2,2-3H3,(H,17,20). The van der Waals surface area contributed by atoms with E-state index in [-0.39, 0.29) is 5.91 Å². The van der Waals surface area contributed by atoms with Gasteiger partial charge in [-0.15, -0.1) is 6.58 Å². The molecular formula is C16H25N3O2. The molecule has 1 aliphatic heterocycles. The Bertz CT molecular complexity index is 502. The van der Waals surface area contributed by atoms with Crippen molar-refractivity contribution in [1.29, 1.82) is 0 Å². The van der Waals surface area contributed by atoms with Crippen LogP contribution in [0.3, 0.4) is 0 Å². The van der Waals surface area contributed by atoms with E-state index in [1.165, 1.54) is 0 Å². The maximum atomic E-state index is 12.4. The SMILES string of the molecule is C=CCn1c(C)cc(C)c1C(=O)NCCN1CCOCC1. The molecule has 0 unspecified atom stereocenters. The van der Waals surface area contributed by atoms with Crippen LogP contribution in [0.1, 0.15) is 21.7 Å². The van der Waals surface area contributed by atoms with Crippen LogP contribution in [0.25, 0.3) is 0 Å². The van der Waals surface area contributed by atoms with E-state index in [9.17, 15) is 4.79 Å². The van der Waals surface area contributed by atoms with Crippen LogP contribution in [0.4, 0.5) is 0 Å². The normalized spacial score (nSPS) is 15.9. The van der Waals surface area contributed by atoms with Crippen LogP contribution in [-0.4, -0.2) is 54.8 Å². The third-order valence-corrected chi connectivity index (χ3v) is 3.84. The molecule has 2 heterocycles. The van der Waals surface area contributed by atoms with Crippen LogP contribution in [-0.2, 0) is 11.3 Å². The Balaban J connectivity index is 1.92. The Labute approximate surface area is 126 Å². The van der Waals surface area contributed by atoms with E-state index >= 15 is 0 Å².